The van der Waals surface area contributed by atoms with Crippen molar-refractivity contribution in [3.63, 3.8) is 0 Å². The van der Waals surface area contributed by atoms with Gasteiger partial charge >= 0.3 is 0 Å². The van der Waals surface area contributed by atoms with Gasteiger partial charge in [-0.1, -0.05) is 11.6 Å². The number of nitrogens with zero attached hydrogens (tertiary/aromatic N) is 2. The topological polar surface area (TPSA) is 82.5 Å². The first-order chi connectivity index (χ1) is 12.8. The van der Waals surface area contributed by atoms with Crippen molar-refractivity contribution in [2.45, 2.75) is 32.2 Å². The fourth-order valence-electron chi connectivity index (χ4n) is 3.64. The molecule has 1 saturated heterocycles. The van der Waals surface area contributed by atoms with Gasteiger partial charge in [-0.2, -0.15) is 5.06 Å². The highest BCUT2D eigenvalue weighted by Crippen LogP contribution is 2.46. The number of halogens is 1. The lowest BCUT2D eigenvalue weighted by Crippen LogP contribution is -2.54. The van der Waals surface area contributed by atoms with Gasteiger partial charge in [0.05, 0.1) is 18.8 Å². The molecule has 0 saturated carbocycles. The molecule has 2 aliphatic heterocycles. The first kappa shape index (κ1) is 20.1. The molecule has 1 spiro atoms. The zero-order valence-corrected chi connectivity index (χ0v) is 16.5. The number of amides is 1. The third-order valence-electron chi connectivity index (χ3n) is 5.39. The minimum absolute atomic E-state index is 0.0526. The third kappa shape index (κ3) is 3.46. The molecule has 0 atom stereocenters. The Labute approximate surface area is 163 Å². The minimum Gasteiger partial charge on any atom is -0.509 e. The molecule has 1 aromatic rings. The molecule has 2 N–H and O–H groups in total. The van der Waals surface area contributed by atoms with E-state index in [4.69, 9.17) is 21.2 Å². The molecular weight excluding hydrogens is 372 g/mol. The van der Waals surface area contributed by atoms with E-state index in [2.05, 4.69) is 0 Å². The van der Waals surface area contributed by atoms with Crippen LogP contribution in [0, 0.1) is 13.8 Å². The maximum atomic E-state index is 13.2. The van der Waals surface area contributed by atoms with Crippen LogP contribution >= 0.6 is 11.6 Å². The summed E-state index contributed by atoms with van der Waals surface area (Å²) >= 11 is 6.41. The van der Waals surface area contributed by atoms with Gasteiger partial charge in [0.1, 0.15) is 11.3 Å². The van der Waals surface area contributed by atoms with Crippen LogP contribution < -0.4 is 0 Å². The zero-order chi connectivity index (χ0) is 19.8. The summed E-state index contributed by atoms with van der Waals surface area (Å²) in [7, 11) is 1.55. The summed E-state index contributed by atoms with van der Waals surface area (Å²) in [4.78, 5) is 18.9. The van der Waals surface area contributed by atoms with Crippen LogP contribution in [0.5, 0.6) is 0 Å². The maximum absolute atomic E-state index is 13.2. The second-order valence-electron chi connectivity index (χ2n) is 7.05. The summed E-state index contributed by atoms with van der Waals surface area (Å²) in [5.74, 6) is -0.483. The molecule has 1 amide bonds. The van der Waals surface area contributed by atoms with Crippen LogP contribution in [0.1, 0.15) is 29.5 Å². The molecule has 0 unspecified atom stereocenters. The van der Waals surface area contributed by atoms with Gasteiger partial charge in [-0.25, -0.2) is 5.06 Å². The number of benzene rings is 1. The van der Waals surface area contributed by atoms with Gasteiger partial charge in [0.2, 0.25) is 0 Å². The van der Waals surface area contributed by atoms with Crippen LogP contribution in [-0.2, 0) is 14.4 Å². The van der Waals surface area contributed by atoms with E-state index in [-0.39, 0.29) is 17.9 Å². The largest absolute Gasteiger partial charge is 0.509 e. The van der Waals surface area contributed by atoms with Crippen LogP contribution in [0.3, 0.4) is 0 Å². The summed E-state index contributed by atoms with van der Waals surface area (Å²) in [5.41, 5.74) is 1.62. The molecule has 0 bridgehead atoms. The molecule has 2 heterocycles. The highest BCUT2D eigenvalue weighted by Gasteiger charge is 2.55. The number of methoxy groups -OCH3 is 1. The van der Waals surface area contributed by atoms with Crippen molar-refractivity contribution in [2.75, 3.05) is 33.4 Å². The highest BCUT2D eigenvalue weighted by atomic mass is 35.5. The number of carbonyl (C=O) groups is 1. The fraction of sp³-hybridized carbons (Fsp3) is 0.526. The van der Waals surface area contributed by atoms with E-state index < -0.39 is 11.4 Å². The van der Waals surface area contributed by atoms with Crippen molar-refractivity contribution in [1.29, 1.82) is 0 Å². The van der Waals surface area contributed by atoms with Gasteiger partial charge in [-0.05, 0) is 49.9 Å². The van der Waals surface area contributed by atoms with Gasteiger partial charge in [0.25, 0.3) is 5.91 Å². The standard InChI is InChI=1S/C19H25ClN2O5/c1-12-10-14(15(20)11-13(12)2)16-17(23)19(4-6-21(25)7-5-19)22(18(16)24)27-9-8-26-3/h10-11,23,25H,4-9H2,1-3H3. The monoisotopic (exact) mass is 396 g/mol. The third-order valence-corrected chi connectivity index (χ3v) is 5.70. The quantitative estimate of drug-likeness (QED) is 0.745. The van der Waals surface area contributed by atoms with E-state index in [1.807, 2.05) is 19.9 Å². The van der Waals surface area contributed by atoms with Gasteiger partial charge in [0, 0.05) is 30.8 Å². The molecule has 3 rings (SSSR count). The first-order valence-corrected chi connectivity index (χ1v) is 9.30. The van der Waals surface area contributed by atoms with Crippen LogP contribution in [0.25, 0.3) is 5.57 Å². The Morgan fingerprint density at radius 1 is 1.19 bits per heavy atom. The second-order valence-corrected chi connectivity index (χ2v) is 7.46. The average molecular weight is 397 g/mol. The summed E-state index contributed by atoms with van der Waals surface area (Å²) in [5, 5.41) is 23.7. The van der Waals surface area contributed by atoms with E-state index in [1.165, 1.54) is 10.1 Å². The van der Waals surface area contributed by atoms with Crippen molar-refractivity contribution in [1.82, 2.24) is 10.1 Å². The molecule has 0 radical (unpaired) electrons. The number of ether oxygens (including phenoxy) is 1. The summed E-state index contributed by atoms with van der Waals surface area (Å²) < 4.78 is 5.01. The Kier molecular flexibility index (Phi) is 5.79. The summed E-state index contributed by atoms with van der Waals surface area (Å²) in [6.45, 7) is 4.98. The number of rotatable bonds is 5. The average Bonchev–Trinajstić information content (AvgIpc) is 2.82. The van der Waals surface area contributed by atoms with E-state index >= 15 is 0 Å². The van der Waals surface area contributed by atoms with Crippen LogP contribution in [0.2, 0.25) is 5.02 Å². The number of hydrogen-bond acceptors (Lipinski definition) is 6. The zero-order valence-electron chi connectivity index (χ0n) is 15.8. The predicted molar refractivity (Wildman–Crippen MR) is 100 cm³/mol. The lowest BCUT2D eigenvalue weighted by atomic mass is 9.86. The molecule has 1 fully saturated rings. The molecule has 0 aliphatic carbocycles. The van der Waals surface area contributed by atoms with E-state index in [0.717, 1.165) is 11.1 Å². The van der Waals surface area contributed by atoms with Crippen molar-refractivity contribution in [2.24, 2.45) is 0 Å². The number of hydrogen-bond donors (Lipinski definition) is 2. The van der Waals surface area contributed by atoms with Gasteiger partial charge in [-0.15, -0.1) is 0 Å². The predicted octanol–water partition coefficient (Wildman–Crippen LogP) is 2.87. The fourth-order valence-corrected chi connectivity index (χ4v) is 3.95. The molecule has 148 valence electrons. The Hall–Kier alpha value is -1.64. The van der Waals surface area contributed by atoms with Gasteiger partial charge in [0.15, 0.2) is 0 Å². The molecule has 0 aromatic heterocycles. The minimum atomic E-state index is -1.01. The lowest BCUT2D eigenvalue weighted by molar-refractivity contribution is -0.231. The smallest absolute Gasteiger partial charge is 0.282 e. The Balaban J connectivity index is 2.06. The van der Waals surface area contributed by atoms with Crippen molar-refractivity contribution in [3.05, 3.63) is 39.6 Å². The molecule has 1 aromatic carbocycles. The number of hydroxylamine groups is 4. The number of carbonyl (C=O) groups excluding carboxylic acids is 1. The van der Waals surface area contributed by atoms with Crippen molar-refractivity contribution >= 4 is 23.1 Å². The lowest BCUT2D eigenvalue weighted by Gasteiger charge is -2.41. The molecule has 2 aliphatic rings. The van der Waals surface area contributed by atoms with Gasteiger partial charge < -0.3 is 15.1 Å². The highest BCUT2D eigenvalue weighted by molar-refractivity contribution is 6.35. The first-order valence-electron chi connectivity index (χ1n) is 8.93. The van der Waals surface area contributed by atoms with Crippen molar-refractivity contribution < 1.29 is 24.7 Å². The number of piperidine rings is 1. The Bertz CT molecular complexity index is 772. The van der Waals surface area contributed by atoms with E-state index in [9.17, 15) is 15.1 Å². The van der Waals surface area contributed by atoms with Gasteiger partial charge in [-0.3, -0.25) is 9.63 Å². The maximum Gasteiger partial charge on any atom is 0.282 e. The number of aliphatic hydroxyl groups excluding tert-OH is 1. The van der Waals surface area contributed by atoms with Crippen LogP contribution in [-0.4, -0.2) is 65.3 Å². The van der Waals surface area contributed by atoms with Crippen LogP contribution in [0.15, 0.2) is 17.9 Å². The Morgan fingerprint density at radius 3 is 2.44 bits per heavy atom. The number of aryl methyl sites for hydroxylation is 2. The molecular formula is C19H25ClN2O5. The normalized spacial score (nSPS) is 20.2. The van der Waals surface area contributed by atoms with Crippen LogP contribution in [0.4, 0.5) is 0 Å². The van der Waals surface area contributed by atoms with E-state index in [0.29, 0.717) is 43.1 Å². The van der Waals surface area contributed by atoms with Crippen molar-refractivity contribution in [3.8, 4) is 0 Å². The second kappa shape index (κ2) is 7.77. The number of aliphatic hydroxyl groups is 1. The molecule has 7 nitrogen and oxygen atoms in total. The molecule has 8 heteroatoms. The molecule has 27 heavy (non-hydrogen) atoms. The summed E-state index contributed by atoms with van der Waals surface area (Å²) in [6.07, 6.45) is 0.694. The Morgan fingerprint density at radius 2 is 1.81 bits per heavy atom. The SMILES string of the molecule is COCCON1C(=O)C(c2cc(C)c(C)cc2Cl)=C(O)C12CCN(O)CC2. The summed E-state index contributed by atoms with van der Waals surface area (Å²) in [6, 6.07) is 3.60. The van der Waals surface area contributed by atoms with E-state index in [1.54, 1.807) is 13.2 Å².